The molecule has 4 rings (SSSR count). The van der Waals surface area contributed by atoms with E-state index in [4.69, 9.17) is 11.3 Å². The van der Waals surface area contributed by atoms with E-state index in [0.29, 0.717) is 11.3 Å². The summed E-state index contributed by atoms with van der Waals surface area (Å²) in [7, 11) is 4.71. The van der Waals surface area contributed by atoms with Crippen LogP contribution in [0.1, 0.15) is 22.3 Å². The first-order chi connectivity index (χ1) is 17.5. The van der Waals surface area contributed by atoms with Crippen molar-refractivity contribution in [2.45, 2.75) is 24.4 Å². The Bertz CT molecular complexity index is 1390. The van der Waals surface area contributed by atoms with Gasteiger partial charge >= 0.3 is 0 Å². The summed E-state index contributed by atoms with van der Waals surface area (Å²) in [4.78, 5) is 67.9. The number of azide groups is 1. The van der Waals surface area contributed by atoms with Crippen LogP contribution in [0.5, 0.6) is 5.75 Å². The number of aliphatic hydroxyl groups excluding tert-OH is 1. The van der Waals surface area contributed by atoms with E-state index in [9.17, 15) is 34.4 Å². The molecular formula is C22H22N8O7. The molecule has 3 aliphatic carbocycles. The number of benzene rings is 1. The van der Waals surface area contributed by atoms with Crippen molar-refractivity contribution in [1.29, 1.82) is 0 Å². The smallest absolute Gasteiger partial charge is 0.254 e. The molecule has 15 heteroatoms. The van der Waals surface area contributed by atoms with Gasteiger partial charge in [0.05, 0.1) is 12.6 Å². The van der Waals surface area contributed by atoms with Crippen LogP contribution in [-0.2, 0) is 16.0 Å². The maximum absolute atomic E-state index is 13.6. The molecule has 0 spiro atoms. The molecule has 192 valence electrons. The van der Waals surface area contributed by atoms with Crippen LogP contribution in [-0.4, -0.2) is 65.4 Å². The minimum Gasteiger partial charge on any atom is -0.509 e. The van der Waals surface area contributed by atoms with E-state index in [1.165, 1.54) is 13.1 Å². The monoisotopic (exact) mass is 510 g/mol. The van der Waals surface area contributed by atoms with Gasteiger partial charge in [-0.1, -0.05) is 0 Å². The van der Waals surface area contributed by atoms with Crippen molar-refractivity contribution in [1.82, 2.24) is 5.01 Å². The number of phenolic OH excluding ortho intramolecular Hbond substituents is 1. The number of rotatable bonds is 6. The van der Waals surface area contributed by atoms with Crippen LogP contribution in [0.25, 0.3) is 10.4 Å². The summed E-state index contributed by atoms with van der Waals surface area (Å²) in [6.45, 7) is 0. The zero-order chi connectivity index (χ0) is 27.4. The first-order valence-corrected chi connectivity index (χ1v) is 11.0. The van der Waals surface area contributed by atoms with E-state index >= 15 is 0 Å². The Hall–Kier alpha value is -4.78. The van der Waals surface area contributed by atoms with Crippen molar-refractivity contribution in [2.24, 2.45) is 33.1 Å². The van der Waals surface area contributed by atoms with Gasteiger partial charge < -0.3 is 20.8 Å². The fourth-order valence-corrected chi connectivity index (χ4v) is 5.72. The average Bonchev–Trinajstić information content (AvgIpc) is 2.82. The molecule has 0 saturated heterocycles. The Morgan fingerprint density at radius 2 is 1.89 bits per heavy atom. The number of aliphatic hydroxyl groups is 1. The number of likely N-dealkylation sites (N-methyl/N-ethyl adjacent to an activating group) is 1. The van der Waals surface area contributed by atoms with Gasteiger partial charge in [0.15, 0.2) is 11.8 Å². The van der Waals surface area contributed by atoms with Gasteiger partial charge in [0.2, 0.25) is 11.3 Å². The number of nitrogens with two attached hydrogens (primary N) is 1. The second-order valence-electron chi connectivity index (χ2n) is 9.33. The summed E-state index contributed by atoms with van der Waals surface area (Å²) < 4.78 is 0. The van der Waals surface area contributed by atoms with Crippen molar-refractivity contribution < 1.29 is 24.6 Å². The van der Waals surface area contributed by atoms with Crippen LogP contribution in [0.15, 0.2) is 50.3 Å². The number of carbonyl (C=O) groups is 3. The summed E-state index contributed by atoms with van der Waals surface area (Å²) >= 11 is 0. The number of fused-ring (bicyclic) bond motifs is 3. The number of amides is 1. The molecule has 1 aromatic rings. The zero-order valence-corrected chi connectivity index (χ0v) is 19.9. The normalized spacial score (nSPS) is 26.4. The molecule has 0 saturated carbocycles. The molecule has 4 N–H and O–H groups in total. The number of nitroso groups, excluding NO2 is 2. The minimum atomic E-state index is -2.74. The number of Topliss-reactive ketones (excluding diaryl/α,β-unsaturated/α-hetero) is 2. The van der Waals surface area contributed by atoms with Gasteiger partial charge in [-0.05, 0) is 46.0 Å². The summed E-state index contributed by atoms with van der Waals surface area (Å²) in [6.07, 6.45) is -0.0560. The van der Waals surface area contributed by atoms with Crippen LogP contribution >= 0.6 is 0 Å². The number of hydrogen-bond acceptors (Lipinski definition) is 11. The van der Waals surface area contributed by atoms with Crippen LogP contribution in [0.2, 0.25) is 0 Å². The molecule has 15 nitrogen and oxygen atoms in total. The maximum Gasteiger partial charge on any atom is 0.254 e. The summed E-state index contributed by atoms with van der Waals surface area (Å²) in [5.41, 5.74) is 10.5. The molecule has 37 heavy (non-hydrogen) atoms. The number of aromatic hydroxyl groups is 1. The van der Waals surface area contributed by atoms with Gasteiger partial charge in [-0.25, -0.2) is 5.01 Å². The molecule has 0 heterocycles. The molecule has 0 bridgehead atoms. The van der Waals surface area contributed by atoms with Gasteiger partial charge in [-0.3, -0.25) is 14.4 Å². The molecule has 1 amide bonds. The molecule has 0 aliphatic heterocycles. The lowest BCUT2D eigenvalue weighted by Gasteiger charge is -2.47. The highest BCUT2D eigenvalue weighted by molar-refractivity contribution is 6.25. The van der Waals surface area contributed by atoms with E-state index < -0.39 is 57.9 Å². The van der Waals surface area contributed by atoms with E-state index in [0.717, 1.165) is 5.01 Å². The van der Waals surface area contributed by atoms with Gasteiger partial charge in [0.25, 0.3) is 5.91 Å². The first-order valence-electron chi connectivity index (χ1n) is 11.0. The Balaban J connectivity index is 2.03. The molecule has 1 unspecified atom stereocenters. The van der Waals surface area contributed by atoms with Crippen molar-refractivity contribution >= 4 is 23.2 Å². The first kappa shape index (κ1) is 25.3. The van der Waals surface area contributed by atoms with E-state index in [2.05, 4.69) is 20.5 Å². The Morgan fingerprint density at radius 3 is 2.43 bits per heavy atom. The Kier molecular flexibility index (Phi) is 5.96. The molecule has 0 radical (unpaired) electrons. The molecule has 0 fully saturated rings. The Labute approximate surface area is 208 Å². The third-order valence-electron chi connectivity index (χ3n) is 7.30. The van der Waals surface area contributed by atoms with E-state index in [-0.39, 0.29) is 29.7 Å². The van der Waals surface area contributed by atoms with Crippen LogP contribution in [0, 0.1) is 21.6 Å². The van der Waals surface area contributed by atoms with E-state index in [1.807, 2.05) is 0 Å². The number of nitrogens with zero attached hydrogens (tertiary/aromatic N) is 7. The third kappa shape index (κ3) is 3.35. The molecule has 4 atom stereocenters. The van der Waals surface area contributed by atoms with Crippen LogP contribution in [0.3, 0.4) is 0 Å². The van der Waals surface area contributed by atoms with Crippen molar-refractivity contribution in [2.75, 3.05) is 26.0 Å². The van der Waals surface area contributed by atoms with Gasteiger partial charge in [0, 0.05) is 37.3 Å². The lowest BCUT2D eigenvalue weighted by molar-refractivity contribution is -0.128. The minimum absolute atomic E-state index is 0.102. The summed E-state index contributed by atoms with van der Waals surface area (Å²) in [6, 6.07) is 1.59. The van der Waals surface area contributed by atoms with Crippen molar-refractivity contribution in [3.63, 3.8) is 0 Å². The average molecular weight is 510 g/mol. The number of allylic oxidation sites excluding steroid dienone is 1. The Morgan fingerprint density at radius 1 is 1.22 bits per heavy atom. The highest BCUT2D eigenvalue weighted by Crippen LogP contribution is 2.54. The lowest BCUT2D eigenvalue weighted by atomic mass is 9.57. The maximum atomic E-state index is 13.6. The van der Waals surface area contributed by atoms with E-state index in [1.54, 1.807) is 25.1 Å². The van der Waals surface area contributed by atoms with Gasteiger partial charge in [-0.15, -0.1) is 15.3 Å². The predicted octanol–water partition coefficient (Wildman–Crippen LogP) is 1.76. The molecule has 1 aromatic carbocycles. The number of primary amides is 1. The fourth-order valence-electron chi connectivity index (χ4n) is 5.72. The number of ketones is 2. The topological polar surface area (TPSA) is 232 Å². The number of hydrogen-bond donors (Lipinski definition) is 3. The van der Waals surface area contributed by atoms with Gasteiger partial charge in [0.1, 0.15) is 22.8 Å². The second-order valence-corrected chi connectivity index (χ2v) is 9.33. The van der Waals surface area contributed by atoms with Crippen LogP contribution < -0.4 is 10.6 Å². The SMILES string of the molecule is CN(C)c1cc(O)c2c(c1)C[C@H]1CC3[C@H](N(C)N=[N+]=[N-])C(N=O)=C(C(N)=O)C(=O)[C@@]3(N=O)C(O)=C1C2=O. The fraction of sp³-hybridized carbons (Fsp3) is 0.409. The predicted molar refractivity (Wildman–Crippen MR) is 128 cm³/mol. The second kappa shape index (κ2) is 8.71. The summed E-state index contributed by atoms with van der Waals surface area (Å²) in [5, 5.41) is 32.0. The third-order valence-corrected chi connectivity index (χ3v) is 7.30. The molecule has 3 aliphatic rings. The summed E-state index contributed by atoms with van der Waals surface area (Å²) in [5.74, 6) is -7.15. The standard InChI is InChI=1S/C22H22N8O7/c1-29(2)10-5-8-4-9-6-11-17(30(3)28-27-24)16(25-36)15(21(23)35)20(34)22(11,26-37)19(33)14(9)18(32)13(8)12(31)7-10/h5,7,9,11,17,31,33H,4,6H2,1-3H3,(H2,23,35)/t9-,11?,17-,22-/m0/s1. The van der Waals surface area contributed by atoms with Crippen molar-refractivity contribution in [3.05, 3.63) is 66.1 Å². The number of phenols is 1. The van der Waals surface area contributed by atoms with Crippen molar-refractivity contribution in [3.8, 4) is 5.75 Å². The highest BCUT2D eigenvalue weighted by atomic mass is 16.3. The van der Waals surface area contributed by atoms with Gasteiger partial charge in [-0.2, -0.15) is 4.91 Å². The van der Waals surface area contributed by atoms with Crippen LogP contribution in [0.4, 0.5) is 5.69 Å². The number of anilines is 1. The highest BCUT2D eigenvalue weighted by Gasteiger charge is 2.67. The number of carbonyl (C=O) groups excluding carboxylic acids is 3. The molecule has 0 aromatic heterocycles. The largest absolute Gasteiger partial charge is 0.509 e. The quantitative estimate of drug-likeness (QED) is 0.126. The lowest BCUT2D eigenvalue weighted by Crippen LogP contribution is -2.62. The molecular weight excluding hydrogens is 488 g/mol. The zero-order valence-electron chi connectivity index (χ0n) is 19.9.